The van der Waals surface area contributed by atoms with Gasteiger partial charge in [0.15, 0.2) is 0 Å². The molecule has 7 heteroatoms. The van der Waals surface area contributed by atoms with E-state index in [0.29, 0.717) is 17.9 Å². The molecule has 0 aliphatic carbocycles. The fourth-order valence-corrected chi connectivity index (χ4v) is 3.91. The molecular formula is C24H28N4O3. The van der Waals surface area contributed by atoms with Crippen molar-refractivity contribution < 1.29 is 14.3 Å². The third-order valence-electron chi connectivity index (χ3n) is 5.57. The summed E-state index contributed by atoms with van der Waals surface area (Å²) in [5, 5.41) is 8.12. The lowest BCUT2D eigenvalue weighted by atomic mass is 10.1. The van der Waals surface area contributed by atoms with E-state index in [9.17, 15) is 9.59 Å². The fourth-order valence-electron chi connectivity index (χ4n) is 3.91. The second-order valence-electron chi connectivity index (χ2n) is 7.78. The molecular weight excluding hydrogens is 392 g/mol. The van der Waals surface area contributed by atoms with Gasteiger partial charge in [0, 0.05) is 29.7 Å². The monoisotopic (exact) mass is 420 g/mol. The summed E-state index contributed by atoms with van der Waals surface area (Å²) >= 11 is 0. The number of amides is 2. The fraction of sp³-hybridized carbons (Fsp3) is 0.375. The molecule has 1 fully saturated rings. The lowest BCUT2D eigenvalue weighted by molar-refractivity contribution is -0.131. The summed E-state index contributed by atoms with van der Waals surface area (Å²) in [5.41, 5.74) is 2.09. The highest BCUT2D eigenvalue weighted by Crippen LogP contribution is 2.20. The molecule has 1 N–H and O–H groups in total. The quantitative estimate of drug-likeness (QED) is 0.652. The zero-order valence-electron chi connectivity index (χ0n) is 17.8. The molecule has 4 rings (SSSR count). The Labute approximate surface area is 182 Å². The Morgan fingerprint density at radius 3 is 2.48 bits per heavy atom. The van der Waals surface area contributed by atoms with Crippen LogP contribution in [0.3, 0.4) is 0 Å². The molecule has 0 atom stereocenters. The highest BCUT2D eigenvalue weighted by molar-refractivity contribution is 6.06. The molecule has 0 saturated carbocycles. The van der Waals surface area contributed by atoms with Gasteiger partial charge in [-0.1, -0.05) is 12.8 Å². The van der Waals surface area contributed by atoms with Crippen LogP contribution in [0, 0.1) is 0 Å². The second-order valence-corrected chi connectivity index (χ2v) is 7.78. The molecule has 2 amide bonds. The second kappa shape index (κ2) is 9.64. The SMILES string of the molecule is CCOc1ccc(NC(=O)c2ccc3c(cnn3CC(=O)N3CCCCCC3)c2)cc1. The van der Waals surface area contributed by atoms with Crippen LogP contribution in [0.1, 0.15) is 43.0 Å². The molecule has 2 aromatic carbocycles. The lowest BCUT2D eigenvalue weighted by Gasteiger charge is -2.20. The molecule has 0 radical (unpaired) electrons. The van der Waals surface area contributed by atoms with Crippen molar-refractivity contribution in [3.8, 4) is 5.75 Å². The van der Waals surface area contributed by atoms with E-state index in [1.807, 2.05) is 42.2 Å². The van der Waals surface area contributed by atoms with Gasteiger partial charge in [-0.05, 0) is 62.2 Å². The molecule has 1 saturated heterocycles. The number of benzene rings is 2. The van der Waals surface area contributed by atoms with E-state index in [1.165, 1.54) is 12.8 Å². The topological polar surface area (TPSA) is 76.5 Å². The van der Waals surface area contributed by atoms with Gasteiger partial charge in [-0.25, -0.2) is 0 Å². The Kier molecular flexibility index (Phi) is 6.50. The van der Waals surface area contributed by atoms with Crippen molar-refractivity contribution in [2.24, 2.45) is 0 Å². The first kappa shape index (κ1) is 20.9. The van der Waals surface area contributed by atoms with Crippen LogP contribution in [0.25, 0.3) is 10.9 Å². The van der Waals surface area contributed by atoms with E-state index in [4.69, 9.17) is 4.74 Å². The van der Waals surface area contributed by atoms with E-state index < -0.39 is 0 Å². The maximum atomic E-state index is 12.7. The van der Waals surface area contributed by atoms with Crippen LogP contribution >= 0.6 is 0 Å². The number of anilines is 1. The predicted molar refractivity (Wildman–Crippen MR) is 120 cm³/mol. The van der Waals surface area contributed by atoms with Crippen LogP contribution in [0.2, 0.25) is 0 Å². The Morgan fingerprint density at radius 1 is 1.03 bits per heavy atom. The van der Waals surface area contributed by atoms with Crippen molar-refractivity contribution in [1.29, 1.82) is 0 Å². The number of carbonyl (C=O) groups is 2. The van der Waals surface area contributed by atoms with Crippen molar-refractivity contribution >= 4 is 28.4 Å². The van der Waals surface area contributed by atoms with Crippen LogP contribution in [0.5, 0.6) is 5.75 Å². The largest absolute Gasteiger partial charge is 0.494 e. The van der Waals surface area contributed by atoms with Crippen LogP contribution in [-0.2, 0) is 11.3 Å². The molecule has 31 heavy (non-hydrogen) atoms. The first-order valence-electron chi connectivity index (χ1n) is 10.9. The molecule has 0 bridgehead atoms. The third-order valence-corrected chi connectivity index (χ3v) is 5.57. The van der Waals surface area contributed by atoms with Gasteiger partial charge in [0.1, 0.15) is 12.3 Å². The molecule has 1 aromatic heterocycles. The Bertz CT molecular complexity index is 1050. The van der Waals surface area contributed by atoms with Crippen LogP contribution in [0.4, 0.5) is 5.69 Å². The number of hydrogen-bond acceptors (Lipinski definition) is 4. The zero-order chi connectivity index (χ0) is 21.6. The van der Waals surface area contributed by atoms with Gasteiger partial charge < -0.3 is 15.0 Å². The normalized spacial score (nSPS) is 14.3. The Morgan fingerprint density at radius 2 is 1.77 bits per heavy atom. The molecule has 3 aromatic rings. The lowest BCUT2D eigenvalue weighted by Crippen LogP contribution is -2.34. The molecule has 0 spiro atoms. The molecule has 162 valence electrons. The number of carbonyl (C=O) groups excluding carboxylic acids is 2. The third kappa shape index (κ3) is 5.05. The predicted octanol–water partition coefficient (Wildman–Crippen LogP) is 4.09. The van der Waals surface area contributed by atoms with Crippen molar-refractivity contribution in [2.45, 2.75) is 39.2 Å². The summed E-state index contributed by atoms with van der Waals surface area (Å²) in [6.45, 7) is 4.41. The van der Waals surface area contributed by atoms with Gasteiger partial charge in [-0.15, -0.1) is 0 Å². The molecule has 0 unspecified atom stereocenters. The number of nitrogens with zero attached hydrogens (tertiary/aromatic N) is 3. The van der Waals surface area contributed by atoms with Crippen molar-refractivity contribution in [1.82, 2.24) is 14.7 Å². The van der Waals surface area contributed by atoms with Gasteiger partial charge >= 0.3 is 0 Å². The number of rotatable bonds is 6. The molecule has 1 aliphatic heterocycles. The van der Waals surface area contributed by atoms with Crippen LogP contribution < -0.4 is 10.1 Å². The first-order chi connectivity index (χ1) is 15.1. The molecule has 1 aliphatic rings. The minimum absolute atomic E-state index is 0.101. The average molecular weight is 421 g/mol. The van der Waals surface area contributed by atoms with E-state index in [-0.39, 0.29) is 18.4 Å². The van der Waals surface area contributed by atoms with Crippen LogP contribution in [-0.4, -0.2) is 46.2 Å². The minimum atomic E-state index is -0.195. The van der Waals surface area contributed by atoms with Gasteiger partial charge in [0.25, 0.3) is 5.91 Å². The number of hydrogen-bond donors (Lipinski definition) is 1. The van der Waals surface area contributed by atoms with Gasteiger partial charge in [-0.2, -0.15) is 5.10 Å². The number of nitrogens with one attached hydrogen (secondary N) is 1. The van der Waals surface area contributed by atoms with E-state index in [2.05, 4.69) is 10.4 Å². The Hall–Kier alpha value is -3.35. The maximum absolute atomic E-state index is 12.7. The van der Waals surface area contributed by atoms with Crippen molar-refractivity contribution in [2.75, 3.05) is 25.0 Å². The minimum Gasteiger partial charge on any atom is -0.494 e. The summed E-state index contributed by atoms with van der Waals surface area (Å²) in [6, 6.07) is 12.7. The van der Waals surface area contributed by atoms with E-state index >= 15 is 0 Å². The smallest absolute Gasteiger partial charge is 0.255 e. The zero-order valence-corrected chi connectivity index (χ0v) is 17.8. The van der Waals surface area contributed by atoms with Crippen LogP contribution in [0.15, 0.2) is 48.7 Å². The van der Waals surface area contributed by atoms with E-state index in [0.717, 1.165) is 42.6 Å². The number of ether oxygens (including phenoxy) is 1. The number of aromatic nitrogens is 2. The summed E-state index contributed by atoms with van der Waals surface area (Å²) < 4.78 is 7.14. The van der Waals surface area contributed by atoms with Gasteiger partial charge in [0.05, 0.1) is 18.3 Å². The maximum Gasteiger partial charge on any atom is 0.255 e. The standard InChI is InChI=1S/C24H28N4O3/c1-2-31-21-10-8-20(9-11-21)26-24(30)18-7-12-22-19(15-18)16-25-28(22)17-23(29)27-13-5-3-4-6-14-27/h7-12,15-16H,2-6,13-14,17H2,1H3,(H,26,30). The summed E-state index contributed by atoms with van der Waals surface area (Å²) in [5.74, 6) is 0.674. The van der Waals surface area contributed by atoms with E-state index in [1.54, 1.807) is 23.0 Å². The van der Waals surface area contributed by atoms with Gasteiger partial charge in [0.2, 0.25) is 5.91 Å². The van der Waals surface area contributed by atoms with Gasteiger partial charge in [-0.3, -0.25) is 14.3 Å². The summed E-state index contributed by atoms with van der Waals surface area (Å²) in [4.78, 5) is 27.3. The summed E-state index contributed by atoms with van der Waals surface area (Å²) in [7, 11) is 0. The number of likely N-dealkylation sites (tertiary alicyclic amines) is 1. The summed E-state index contributed by atoms with van der Waals surface area (Å²) in [6.07, 6.45) is 6.22. The van der Waals surface area contributed by atoms with Crippen molar-refractivity contribution in [3.63, 3.8) is 0 Å². The highest BCUT2D eigenvalue weighted by Gasteiger charge is 2.17. The average Bonchev–Trinajstić information content (AvgIpc) is 2.98. The molecule has 2 heterocycles. The highest BCUT2D eigenvalue weighted by atomic mass is 16.5. The Balaban J connectivity index is 1.43. The molecule has 7 nitrogen and oxygen atoms in total. The number of fused-ring (bicyclic) bond motifs is 1. The van der Waals surface area contributed by atoms with Crippen molar-refractivity contribution in [3.05, 3.63) is 54.2 Å². The first-order valence-corrected chi connectivity index (χ1v) is 10.9.